The van der Waals surface area contributed by atoms with Gasteiger partial charge in [0.05, 0.1) is 35.9 Å². The molecule has 2 aromatic carbocycles. The number of pyridine rings is 1. The number of fused-ring (bicyclic) bond motifs is 1. The fourth-order valence-corrected chi connectivity index (χ4v) is 6.91. The third-order valence-corrected chi connectivity index (χ3v) is 8.85. The zero-order chi connectivity index (χ0) is 30.0. The predicted molar refractivity (Wildman–Crippen MR) is 159 cm³/mol. The number of aliphatic hydroxyl groups is 1. The van der Waals surface area contributed by atoms with Gasteiger partial charge in [-0.1, -0.05) is 18.2 Å². The molecular weight excluding hydrogens is 560 g/mol. The van der Waals surface area contributed by atoms with Crippen LogP contribution in [0.2, 0.25) is 0 Å². The van der Waals surface area contributed by atoms with Gasteiger partial charge >= 0.3 is 13.6 Å². The molecule has 8 nitrogen and oxygen atoms in total. The van der Waals surface area contributed by atoms with E-state index >= 15 is 0 Å². The molecule has 1 aromatic heterocycles. The molecule has 3 aromatic rings. The fourth-order valence-electron chi connectivity index (χ4n) is 5.14. The Morgan fingerprint density at radius 2 is 1.79 bits per heavy atom. The monoisotopic (exact) mass is 597 g/mol. The highest BCUT2D eigenvalue weighted by atomic mass is 31.2. The zero-order valence-electron chi connectivity index (χ0n) is 24.3. The average molecular weight is 598 g/mol. The van der Waals surface area contributed by atoms with Crippen molar-refractivity contribution in [1.29, 1.82) is 0 Å². The molecule has 0 bridgehead atoms. The molecule has 0 spiro atoms. The largest absolute Gasteiger partial charge is 0.481 e. The van der Waals surface area contributed by atoms with Crippen LogP contribution in [0.3, 0.4) is 0 Å². The summed E-state index contributed by atoms with van der Waals surface area (Å²) in [4.78, 5) is 17.0. The maximum atomic E-state index is 14.0. The highest BCUT2D eigenvalue weighted by Crippen LogP contribution is 2.51. The third-order valence-electron chi connectivity index (χ3n) is 6.92. The summed E-state index contributed by atoms with van der Waals surface area (Å²) in [7, 11) is -3.54. The van der Waals surface area contributed by atoms with Gasteiger partial charge in [0.2, 0.25) is 0 Å². The predicted octanol–water partition coefficient (Wildman–Crippen LogP) is 7.38. The van der Waals surface area contributed by atoms with Crippen LogP contribution in [0.5, 0.6) is 5.75 Å². The van der Waals surface area contributed by atoms with Crippen LogP contribution in [0.4, 0.5) is 4.39 Å². The van der Waals surface area contributed by atoms with Crippen molar-refractivity contribution in [3.63, 3.8) is 0 Å². The summed E-state index contributed by atoms with van der Waals surface area (Å²) in [5.41, 5.74) is 4.09. The molecular formula is C32H37FNO7P. The van der Waals surface area contributed by atoms with E-state index in [9.17, 15) is 18.9 Å². The summed E-state index contributed by atoms with van der Waals surface area (Å²) < 4.78 is 50.1. The van der Waals surface area contributed by atoms with Gasteiger partial charge in [-0.25, -0.2) is 4.39 Å². The number of nitrogens with zero attached hydrogens (tertiary/aromatic N) is 1. The van der Waals surface area contributed by atoms with Gasteiger partial charge in [0.1, 0.15) is 17.7 Å². The second-order valence-electron chi connectivity index (χ2n) is 11.4. The van der Waals surface area contributed by atoms with Gasteiger partial charge in [-0.2, -0.15) is 0 Å². The SMILES string of the molecule is CC(C)OP(=O)(COc1ccc2nc(C3CC3)c(/C=C/[C@@H]3C[C@@H](O)CC(=O)O3)c(-c3ccc(F)cc3)c2c1)OC(C)C. The van der Waals surface area contributed by atoms with Gasteiger partial charge in [-0.15, -0.1) is 0 Å². The standard InChI is InChI=1S/C32H37FNO7P/c1-19(2)40-42(37,41-20(3)4)18-38-25-12-14-29-28(17-25)31(21-7-9-23(33)10-8-21)27(32(34-29)22-5-6-22)13-11-26-15-24(35)16-30(36)39-26/h7-14,17,19-20,22,24,26,35H,5-6,15-16,18H2,1-4H3/b13-11+/t24-,26-/m1/s1. The summed E-state index contributed by atoms with van der Waals surface area (Å²) in [6.07, 6.45) is 3.74. The normalized spacial score (nSPS) is 19.7. The van der Waals surface area contributed by atoms with E-state index in [-0.39, 0.29) is 36.7 Å². The fraction of sp³-hybridized carbons (Fsp3) is 0.438. The maximum absolute atomic E-state index is 14.0. The van der Waals surface area contributed by atoms with Crippen LogP contribution in [-0.4, -0.2) is 46.8 Å². The number of aliphatic hydroxyl groups excluding tert-OH is 1. The highest BCUT2D eigenvalue weighted by Gasteiger charge is 2.32. The number of carbonyl (C=O) groups excluding carboxylic acids is 1. The third kappa shape index (κ3) is 7.45. The van der Waals surface area contributed by atoms with E-state index in [4.69, 9.17) is 23.5 Å². The number of hydrogen-bond acceptors (Lipinski definition) is 8. The minimum Gasteiger partial charge on any atom is -0.481 e. The summed E-state index contributed by atoms with van der Waals surface area (Å²) >= 11 is 0. The summed E-state index contributed by atoms with van der Waals surface area (Å²) in [6, 6.07) is 11.7. The number of rotatable bonds is 11. The molecule has 42 heavy (non-hydrogen) atoms. The lowest BCUT2D eigenvalue weighted by atomic mass is 9.91. The van der Waals surface area contributed by atoms with Crippen LogP contribution in [0.25, 0.3) is 28.1 Å². The molecule has 1 saturated carbocycles. The van der Waals surface area contributed by atoms with Crippen LogP contribution in [0.1, 0.15) is 70.6 Å². The molecule has 2 aliphatic rings. The van der Waals surface area contributed by atoms with Gasteiger partial charge in [0.15, 0.2) is 6.35 Å². The summed E-state index contributed by atoms with van der Waals surface area (Å²) in [6.45, 7) is 7.14. The van der Waals surface area contributed by atoms with Gasteiger partial charge < -0.3 is 23.6 Å². The lowest BCUT2D eigenvalue weighted by molar-refractivity contribution is -0.156. The first-order chi connectivity index (χ1) is 20.0. The van der Waals surface area contributed by atoms with Crippen molar-refractivity contribution in [2.24, 2.45) is 0 Å². The second-order valence-corrected chi connectivity index (χ2v) is 13.3. The van der Waals surface area contributed by atoms with Crippen molar-refractivity contribution in [3.8, 4) is 16.9 Å². The number of ether oxygens (including phenoxy) is 2. The number of halogens is 1. The van der Waals surface area contributed by atoms with Gasteiger partial charge in [0, 0.05) is 28.9 Å². The Kier molecular flexibility index (Phi) is 9.14. The molecule has 10 heteroatoms. The number of esters is 1. The van der Waals surface area contributed by atoms with E-state index in [0.29, 0.717) is 12.2 Å². The Morgan fingerprint density at radius 3 is 2.40 bits per heavy atom. The molecule has 224 valence electrons. The van der Waals surface area contributed by atoms with Crippen molar-refractivity contribution in [1.82, 2.24) is 4.98 Å². The molecule has 2 fully saturated rings. The highest BCUT2D eigenvalue weighted by molar-refractivity contribution is 7.53. The number of carbonyl (C=O) groups is 1. The van der Waals surface area contributed by atoms with Crippen LogP contribution in [-0.2, 0) is 23.1 Å². The smallest absolute Gasteiger partial charge is 0.368 e. The van der Waals surface area contributed by atoms with Gasteiger partial charge in [-0.05, 0) is 82.5 Å². The van der Waals surface area contributed by atoms with Crippen LogP contribution < -0.4 is 4.74 Å². The molecule has 0 amide bonds. The summed E-state index contributed by atoms with van der Waals surface area (Å²) in [5, 5.41) is 10.9. The Morgan fingerprint density at radius 1 is 1.10 bits per heavy atom. The topological polar surface area (TPSA) is 104 Å². The van der Waals surface area contributed by atoms with E-state index < -0.39 is 25.8 Å². The van der Waals surface area contributed by atoms with E-state index in [2.05, 4.69) is 0 Å². The first-order valence-corrected chi connectivity index (χ1v) is 16.1. The van der Waals surface area contributed by atoms with Gasteiger partial charge in [-0.3, -0.25) is 14.3 Å². The molecule has 2 atom stereocenters. The van der Waals surface area contributed by atoms with Crippen LogP contribution >= 0.6 is 7.60 Å². The number of aromatic nitrogens is 1. The van der Waals surface area contributed by atoms with E-state index in [1.165, 1.54) is 12.1 Å². The average Bonchev–Trinajstić information content (AvgIpc) is 3.75. The van der Waals surface area contributed by atoms with E-state index in [1.54, 1.807) is 52.0 Å². The van der Waals surface area contributed by atoms with Crippen LogP contribution in [0.15, 0.2) is 48.5 Å². The lowest BCUT2D eigenvalue weighted by Gasteiger charge is -2.24. The Bertz CT molecular complexity index is 1500. The first kappa shape index (κ1) is 30.4. The number of hydrogen-bond donors (Lipinski definition) is 1. The van der Waals surface area contributed by atoms with Crippen molar-refractivity contribution < 1.29 is 37.4 Å². The molecule has 2 heterocycles. The first-order valence-electron chi connectivity index (χ1n) is 14.4. The quantitative estimate of drug-likeness (QED) is 0.180. The molecule has 0 radical (unpaired) electrons. The van der Waals surface area contributed by atoms with Crippen LogP contribution in [0, 0.1) is 5.82 Å². The molecule has 0 unspecified atom stereocenters. The molecule has 5 rings (SSSR count). The minimum atomic E-state index is -3.54. The van der Waals surface area contributed by atoms with Crippen molar-refractivity contribution in [2.75, 3.05) is 6.35 Å². The second kappa shape index (κ2) is 12.6. The maximum Gasteiger partial charge on any atom is 0.368 e. The van der Waals surface area contributed by atoms with Crippen molar-refractivity contribution in [3.05, 3.63) is 65.6 Å². The number of benzene rings is 2. The van der Waals surface area contributed by atoms with E-state index in [0.717, 1.165) is 46.1 Å². The van der Waals surface area contributed by atoms with Crippen molar-refractivity contribution >= 4 is 30.5 Å². The summed E-state index contributed by atoms with van der Waals surface area (Å²) in [5.74, 6) is -0.0695. The van der Waals surface area contributed by atoms with Crippen molar-refractivity contribution in [2.45, 2.75) is 83.7 Å². The molecule has 1 aliphatic carbocycles. The minimum absolute atomic E-state index is 0.0177. The van der Waals surface area contributed by atoms with Gasteiger partial charge in [0.25, 0.3) is 0 Å². The number of cyclic esters (lactones) is 1. The Balaban J connectivity index is 1.59. The molecule has 1 N–H and O–H groups in total. The van der Waals surface area contributed by atoms with E-state index in [1.807, 2.05) is 18.2 Å². The Labute approximate surface area is 245 Å². The molecule has 1 saturated heterocycles. The zero-order valence-corrected chi connectivity index (χ0v) is 25.2. The Hall–Kier alpha value is -3.10. The lowest BCUT2D eigenvalue weighted by Crippen LogP contribution is -2.31. The molecule has 1 aliphatic heterocycles.